The number of halogens is 1. The molecule has 0 bridgehead atoms. The Labute approximate surface area is 238 Å². The van der Waals surface area contributed by atoms with Gasteiger partial charge in [-0.15, -0.1) is 0 Å². The summed E-state index contributed by atoms with van der Waals surface area (Å²) < 4.78 is 5.17. The maximum Gasteiger partial charge on any atom is 0.332 e. The molecule has 0 radical (unpaired) electrons. The third-order valence-electron chi connectivity index (χ3n) is 6.87. The average molecular weight is 559 g/mol. The number of nitrogens with two attached hydrogens (primary N) is 1. The second-order valence-corrected chi connectivity index (χ2v) is 11.0. The second-order valence-electron chi connectivity index (χ2n) is 9.40. The predicted octanol–water partition coefficient (Wildman–Crippen LogP) is 6.74. The number of nitrogen functional groups attached to an aromatic ring is 1. The number of ether oxygens (including phenoxy) is 1. The second kappa shape index (κ2) is 12.9. The fourth-order valence-electron chi connectivity index (χ4n) is 4.67. The predicted molar refractivity (Wildman–Crippen MR) is 158 cm³/mol. The van der Waals surface area contributed by atoms with Gasteiger partial charge in [0.05, 0.1) is 7.11 Å². The Kier molecular flexibility index (Phi) is 9.33. The molecule has 4 aromatic rings. The Morgan fingerprint density at radius 3 is 2.10 bits per heavy atom. The molecule has 0 saturated carbocycles. The number of anilines is 1. The lowest BCUT2D eigenvalue weighted by molar-refractivity contribution is -0.158. The zero-order chi connectivity index (χ0) is 27.8. The number of fused-ring (bicyclic) bond motifs is 1. The molecule has 5 nitrogen and oxygen atoms in total. The molecule has 0 heterocycles. The van der Waals surface area contributed by atoms with Gasteiger partial charge in [-0.2, -0.15) is 0 Å². The van der Waals surface area contributed by atoms with Crippen molar-refractivity contribution in [2.45, 2.75) is 41.6 Å². The first-order valence-electron chi connectivity index (χ1n) is 12.6. The highest BCUT2D eigenvalue weighted by atomic mass is 35.5. The number of benzene rings is 4. The molecule has 1 aliphatic rings. The molecule has 4 aromatic carbocycles. The molecule has 7 heteroatoms. The van der Waals surface area contributed by atoms with E-state index >= 15 is 0 Å². The van der Waals surface area contributed by atoms with Crippen molar-refractivity contribution in [1.82, 2.24) is 4.90 Å². The minimum atomic E-state index is -1.04. The van der Waals surface area contributed by atoms with Crippen molar-refractivity contribution in [1.29, 1.82) is 0 Å². The Bertz CT molecular complexity index is 1400. The Hall–Kier alpha value is -3.74. The number of carbonyl (C=O) groups is 2. The van der Waals surface area contributed by atoms with E-state index in [2.05, 4.69) is 0 Å². The monoisotopic (exact) mass is 558 g/mol. The summed E-state index contributed by atoms with van der Waals surface area (Å²) in [4.78, 5) is 28.9. The number of esters is 1. The number of methoxy groups -OCH3 is 1. The van der Waals surface area contributed by atoms with Crippen molar-refractivity contribution in [3.63, 3.8) is 0 Å². The summed E-state index contributed by atoms with van der Waals surface area (Å²) in [7, 11) is 1.38. The van der Waals surface area contributed by atoms with Gasteiger partial charge in [0.2, 0.25) is 6.41 Å². The van der Waals surface area contributed by atoms with Gasteiger partial charge < -0.3 is 15.4 Å². The Morgan fingerprint density at radius 1 is 0.949 bits per heavy atom. The molecule has 5 rings (SSSR count). The third-order valence-corrected chi connectivity index (χ3v) is 8.25. The standard InChI is InChI=1S/C25H22ClNO3S.C7H9N/c1-30-24(29)25(14-18-6-2-3-7-19(18)15-25)27(17-28)16-20-8-4-5-9-23(20)31-22-12-10-21(26)11-13-22;1-6-4-2-3-5-7(6)8/h2-13,17H,14-16H2,1H3;2-5H,8H2,1H3. The molecule has 0 aliphatic heterocycles. The van der Waals surface area contributed by atoms with Gasteiger partial charge in [0.25, 0.3) is 0 Å². The molecule has 39 heavy (non-hydrogen) atoms. The number of carbonyl (C=O) groups excluding carboxylic acids is 2. The van der Waals surface area contributed by atoms with E-state index in [0.717, 1.165) is 44.1 Å². The van der Waals surface area contributed by atoms with Gasteiger partial charge in [-0.1, -0.05) is 84.0 Å². The lowest BCUT2D eigenvalue weighted by Crippen LogP contribution is -2.55. The third kappa shape index (κ3) is 6.64. The molecule has 0 unspecified atom stereocenters. The van der Waals surface area contributed by atoms with E-state index in [1.807, 2.05) is 104 Å². The molecular weight excluding hydrogens is 528 g/mol. The van der Waals surface area contributed by atoms with Crippen LogP contribution in [0.5, 0.6) is 0 Å². The number of hydrogen-bond donors (Lipinski definition) is 1. The number of rotatable bonds is 7. The number of amides is 1. The first kappa shape index (κ1) is 28.3. The van der Waals surface area contributed by atoms with Crippen molar-refractivity contribution in [2.75, 3.05) is 12.8 Å². The summed E-state index contributed by atoms with van der Waals surface area (Å²) in [6.45, 7) is 2.30. The lowest BCUT2D eigenvalue weighted by atomic mass is 9.93. The van der Waals surface area contributed by atoms with E-state index in [1.165, 1.54) is 7.11 Å². The maximum atomic E-state index is 13.0. The summed E-state index contributed by atoms with van der Waals surface area (Å²) in [5, 5.41) is 0.686. The number of nitrogens with zero attached hydrogens (tertiary/aromatic N) is 1. The van der Waals surface area contributed by atoms with Gasteiger partial charge >= 0.3 is 5.97 Å². The van der Waals surface area contributed by atoms with Crippen LogP contribution in [0.15, 0.2) is 107 Å². The summed E-state index contributed by atoms with van der Waals surface area (Å²) in [5.74, 6) is -0.390. The van der Waals surface area contributed by atoms with Gasteiger partial charge in [0.15, 0.2) is 0 Å². The van der Waals surface area contributed by atoms with Crippen LogP contribution in [0.2, 0.25) is 5.02 Å². The normalized spacial score (nSPS) is 13.0. The highest BCUT2D eigenvalue weighted by molar-refractivity contribution is 7.99. The van der Waals surface area contributed by atoms with E-state index < -0.39 is 11.5 Å². The molecule has 1 amide bonds. The summed E-state index contributed by atoms with van der Waals surface area (Å²) in [6.07, 6.45) is 1.66. The van der Waals surface area contributed by atoms with E-state index in [-0.39, 0.29) is 0 Å². The number of aryl methyl sites for hydroxylation is 1. The fourth-order valence-corrected chi connectivity index (χ4v) is 5.74. The van der Waals surface area contributed by atoms with Crippen molar-refractivity contribution in [3.8, 4) is 0 Å². The molecule has 200 valence electrons. The highest BCUT2D eigenvalue weighted by Crippen LogP contribution is 2.38. The summed E-state index contributed by atoms with van der Waals surface area (Å²) in [6, 6.07) is 31.3. The minimum absolute atomic E-state index is 0.309. The number of para-hydroxylation sites is 1. The van der Waals surface area contributed by atoms with E-state index in [1.54, 1.807) is 16.7 Å². The van der Waals surface area contributed by atoms with Crippen molar-refractivity contribution < 1.29 is 14.3 Å². The minimum Gasteiger partial charge on any atom is -0.467 e. The Balaban J connectivity index is 0.000000379. The van der Waals surface area contributed by atoms with Gasteiger partial charge in [-0.25, -0.2) is 4.79 Å². The summed E-state index contributed by atoms with van der Waals surface area (Å²) in [5.41, 5.74) is 9.60. The van der Waals surface area contributed by atoms with Gasteiger partial charge in [0.1, 0.15) is 5.54 Å². The van der Waals surface area contributed by atoms with Crippen LogP contribution in [-0.4, -0.2) is 29.9 Å². The van der Waals surface area contributed by atoms with Crippen LogP contribution in [0.25, 0.3) is 0 Å². The number of hydrogen-bond acceptors (Lipinski definition) is 5. The van der Waals surface area contributed by atoms with Crippen molar-refractivity contribution in [3.05, 3.63) is 124 Å². The van der Waals surface area contributed by atoms with Crippen molar-refractivity contribution in [2.24, 2.45) is 0 Å². The SMILES string of the molecule is COC(=O)C1(N(C=O)Cc2ccccc2Sc2ccc(Cl)cc2)Cc2ccccc2C1.Cc1ccccc1N. The molecule has 0 atom stereocenters. The van der Waals surface area contributed by atoms with Gasteiger partial charge in [-0.05, 0) is 65.6 Å². The largest absolute Gasteiger partial charge is 0.467 e. The van der Waals surface area contributed by atoms with Crippen LogP contribution in [-0.2, 0) is 33.7 Å². The van der Waals surface area contributed by atoms with Gasteiger partial charge in [-0.3, -0.25) is 4.79 Å². The highest BCUT2D eigenvalue weighted by Gasteiger charge is 2.49. The topological polar surface area (TPSA) is 72.6 Å². The zero-order valence-electron chi connectivity index (χ0n) is 22.0. The molecular formula is C32H31ClN2O3S. The lowest BCUT2D eigenvalue weighted by Gasteiger charge is -2.36. The molecule has 0 spiro atoms. The smallest absolute Gasteiger partial charge is 0.332 e. The van der Waals surface area contributed by atoms with Gasteiger partial charge in [0, 0.05) is 39.9 Å². The van der Waals surface area contributed by atoms with Crippen molar-refractivity contribution >= 4 is 41.4 Å². The first-order valence-corrected chi connectivity index (χ1v) is 13.8. The maximum absolute atomic E-state index is 13.0. The van der Waals surface area contributed by atoms with Crippen LogP contribution < -0.4 is 5.73 Å². The first-order chi connectivity index (χ1) is 18.9. The molecule has 1 aliphatic carbocycles. The van der Waals surface area contributed by atoms with E-state index in [9.17, 15) is 9.59 Å². The fraction of sp³-hybridized carbons (Fsp3) is 0.188. The molecule has 0 saturated heterocycles. The zero-order valence-corrected chi connectivity index (χ0v) is 23.5. The Morgan fingerprint density at radius 2 is 1.54 bits per heavy atom. The molecule has 0 aromatic heterocycles. The van der Waals surface area contributed by atoms with E-state index in [4.69, 9.17) is 22.1 Å². The van der Waals surface area contributed by atoms with Crippen LogP contribution in [0.1, 0.15) is 22.3 Å². The van der Waals surface area contributed by atoms with Crippen LogP contribution in [0.3, 0.4) is 0 Å². The van der Waals surface area contributed by atoms with Crippen LogP contribution >= 0.6 is 23.4 Å². The average Bonchev–Trinajstić information content (AvgIpc) is 3.36. The van der Waals surface area contributed by atoms with Crippen LogP contribution in [0.4, 0.5) is 5.69 Å². The molecule has 2 N–H and O–H groups in total. The van der Waals surface area contributed by atoms with Crippen LogP contribution in [0, 0.1) is 6.92 Å². The summed E-state index contributed by atoms with van der Waals surface area (Å²) >= 11 is 7.61. The molecule has 0 fully saturated rings. The van der Waals surface area contributed by atoms with E-state index in [0.29, 0.717) is 24.4 Å². The quantitative estimate of drug-likeness (QED) is 0.154.